The summed E-state index contributed by atoms with van der Waals surface area (Å²) in [4.78, 5) is 30.7. The monoisotopic (exact) mass is 293 g/mol. The van der Waals surface area contributed by atoms with Crippen LogP contribution >= 0.6 is 0 Å². The molecule has 1 N–H and O–H groups in total. The van der Waals surface area contributed by atoms with E-state index in [9.17, 15) is 14.9 Å². The zero-order valence-corrected chi connectivity index (χ0v) is 12.6. The number of nitrogens with one attached hydrogen (secondary N) is 1. The standard InChI is InChI=1S/C13H19N5O3/c1-13(2)12(19)16(4)5-6-17(13)11-8-9(18(20)21)7-10(14-3)15-11/h7-8H,5-6H2,1-4H3,(H,14,15). The highest BCUT2D eigenvalue weighted by Crippen LogP contribution is 2.30. The van der Waals surface area contributed by atoms with E-state index in [1.165, 1.54) is 12.1 Å². The van der Waals surface area contributed by atoms with Gasteiger partial charge in [-0.2, -0.15) is 0 Å². The van der Waals surface area contributed by atoms with Gasteiger partial charge in [-0.05, 0) is 13.8 Å². The molecule has 1 aliphatic rings. The highest BCUT2D eigenvalue weighted by molar-refractivity contribution is 5.90. The Morgan fingerprint density at radius 3 is 2.62 bits per heavy atom. The summed E-state index contributed by atoms with van der Waals surface area (Å²) >= 11 is 0. The first-order valence-corrected chi connectivity index (χ1v) is 6.65. The molecule has 114 valence electrons. The second-order valence-electron chi connectivity index (χ2n) is 5.51. The van der Waals surface area contributed by atoms with Crippen LogP contribution in [0.3, 0.4) is 0 Å². The predicted octanol–water partition coefficient (Wildman–Crippen LogP) is 1.09. The third-order valence-electron chi connectivity index (χ3n) is 3.74. The van der Waals surface area contributed by atoms with Crippen LogP contribution in [0.5, 0.6) is 0 Å². The van der Waals surface area contributed by atoms with E-state index >= 15 is 0 Å². The van der Waals surface area contributed by atoms with E-state index in [4.69, 9.17) is 0 Å². The molecular weight excluding hydrogens is 274 g/mol. The van der Waals surface area contributed by atoms with Crippen molar-refractivity contribution in [2.45, 2.75) is 19.4 Å². The molecule has 8 heteroatoms. The Bertz CT molecular complexity index is 587. The van der Waals surface area contributed by atoms with E-state index in [1.807, 2.05) is 4.90 Å². The Hall–Kier alpha value is -2.38. The molecule has 0 bridgehead atoms. The van der Waals surface area contributed by atoms with E-state index in [2.05, 4.69) is 10.3 Å². The number of anilines is 2. The Morgan fingerprint density at radius 2 is 2.05 bits per heavy atom. The van der Waals surface area contributed by atoms with E-state index in [-0.39, 0.29) is 11.6 Å². The summed E-state index contributed by atoms with van der Waals surface area (Å²) in [7, 11) is 3.40. The third kappa shape index (κ3) is 2.61. The number of amides is 1. The first kappa shape index (κ1) is 15.0. The van der Waals surface area contributed by atoms with E-state index in [1.54, 1.807) is 32.8 Å². The molecule has 1 fully saturated rings. The first-order valence-electron chi connectivity index (χ1n) is 6.65. The zero-order chi connectivity index (χ0) is 15.8. The van der Waals surface area contributed by atoms with Gasteiger partial charge in [-0.3, -0.25) is 14.9 Å². The van der Waals surface area contributed by atoms with Crippen molar-refractivity contribution in [3.63, 3.8) is 0 Å². The molecule has 1 saturated heterocycles. The number of hydrogen-bond acceptors (Lipinski definition) is 6. The Balaban J connectivity index is 2.48. The maximum absolute atomic E-state index is 12.3. The minimum Gasteiger partial charge on any atom is -0.373 e. The lowest BCUT2D eigenvalue weighted by atomic mass is 9.97. The molecule has 2 heterocycles. The van der Waals surface area contributed by atoms with Crippen LogP contribution in [-0.2, 0) is 4.79 Å². The van der Waals surface area contributed by atoms with Crippen LogP contribution < -0.4 is 10.2 Å². The predicted molar refractivity (Wildman–Crippen MR) is 79.5 cm³/mol. The summed E-state index contributed by atoms with van der Waals surface area (Å²) in [5.41, 5.74) is -0.841. The lowest BCUT2D eigenvalue weighted by Crippen LogP contribution is -2.62. The van der Waals surface area contributed by atoms with Crippen LogP contribution in [0.2, 0.25) is 0 Å². The van der Waals surface area contributed by atoms with Gasteiger partial charge in [0, 0.05) is 27.2 Å². The van der Waals surface area contributed by atoms with Crippen molar-refractivity contribution in [3.05, 3.63) is 22.2 Å². The van der Waals surface area contributed by atoms with Crippen LogP contribution in [-0.4, -0.2) is 53.4 Å². The van der Waals surface area contributed by atoms with E-state index in [0.29, 0.717) is 24.7 Å². The molecule has 2 rings (SSSR count). The molecule has 0 spiro atoms. The third-order valence-corrected chi connectivity index (χ3v) is 3.74. The quantitative estimate of drug-likeness (QED) is 0.662. The molecule has 1 aromatic heterocycles. The van der Waals surface area contributed by atoms with E-state index < -0.39 is 10.5 Å². The summed E-state index contributed by atoms with van der Waals surface area (Å²) in [5, 5.41) is 13.8. The molecular formula is C13H19N5O3. The molecule has 0 aromatic carbocycles. The van der Waals surface area contributed by atoms with Crippen LogP contribution in [0.4, 0.5) is 17.3 Å². The van der Waals surface area contributed by atoms with Crippen molar-refractivity contribution in [1.29, 1.82) is 0 Å². The molecule has 0 saturated carbocycles. The van der Waals surface area contributed by atoms with Gasteiger partial charge in [0.2, 0.25) is 5.91 Å². The van der Waals surface area contributed by atoms with Crippen molar-refractivity contribution in [1.82, 2.24) is 9.88 Å². The van der Waals surface area contributed by atoms with Crippen LogP contribution in [0.1, 0.15) is 13.8 Å². The highest BCUT2D eigenvalue weighted by Gasteiger charge is 2.41. The number of piperazine rings is 1. The maximum Gasteiger partial charge on any atom is 0.276 e. The van der Waals surface area contributed by atoms with Crippen molar-refractivity contribution in [2.75, 3.05) is 37.4 Å². The van der Waals surface area contributed by atoms with Gasteiger partial charge >= 0.3 is 0 Å². The number of carbonyl (C=O) groups is 1. The SMILES string of the molecule is CNc1cc([N+](=O)[O-])cc(N2CCN(C)C(=O)C2(C)C)n1. The topological polar surface area (TPSA) is 91.6 Å². The minimum absolute atomic E-state index is 0.0342. The van der Waals surface area contributed by atoms with E-state index in [0.717, 1.165) is 0 Å². The fraction of sp³-hybridized carbons (Fsp3) is 0.538. The van der Waals surface area contributed by atoms with Crippen LogP contribution in [0, 0.1) is 10.1 Å². The summed E-state index contributed by atoms with van der Waals surface area (Å²) in [5.74, 6) is 0.800. The Kier molecular flexibility index (Phi) is 3.71. The number of carbonyl (C=O) groups excluding carboxylic acids is 1. The molecule has 8 nitrogen and oxygen atoms in total. The van der Waals surface area contributed by atoms with Gasteiger partial charge in [0.1, 0.15) is 17.2 Å². The molecule has 1 aromatic rings. The summed E-state index contributed by atoms with van der Waals surface area (Å²) in [6, 6.07) is 2.77. The molecule has 21 heavy (non-hydrogen) atoms. The molecule has 1 amide bonds. The number of pyridine rings is 1. The Morgan fingerprint density at radius 1 is 1.38 bits per heavy atom. The fourth-order valence-corrected chi connectivity index (χ4v) is 2.49. The summed E-state index contributed by atoms with van der Waals surface area (Å²) in [6.45, 7) is 4.73. The molecule has 0 unspecified atom stereocenters. The number of nitrogens with zero attached hydrogens (tertiary/aromatic N) is 4. The highest BCUT2D eigenvalue weighted by atomic mass is 16.6. The van der Waals surface area contributed by atoms with Gasteiger partial charge in [0.15, 0.2) is 0 Å². The van der Waals surface area contributed by atoms with Crippen molar-refractivity contribution in [2.24, 2.45) is 0 Å². The van der Waals surface area contributed by atoms with Crippen LogP contribution in [0.15, 0.2) is 12.1 Å². The number of nitro groups is 1. The molecule has 0 aliphatic carbocycles. The van der Waals surface area contributed by atoms with Crippen molar-refractivity contribution in [3.8, 4) is 0 Å². The molecule has 0 radical (unpaired) electrons. The minimum atomic E-state index is -0.791. The number of likely N-dealkylation sites (N-methyl/N-ethyl adjacent to an activating group) is 1. The molecule has 1 aliphatic heterocycles. The lowest BCUT2D eigenvalue weighted by Gasteiger charge is -2.45. The zero-order valence-electron chi connectivity index (χ0n) is 12.6. The Labute approximate surface area is 122 Å². The summed E-state index contributed by atoms with van der Waals surface area (Å²) < 4.78 is 0. The number of rotatable bonds is 3. The van der Waals surface area contributed by atoms with Gasteiger partial charge in [-0.25, -0.2) is 4.98 Å². The lowest BCUT2D eigenvalue weighted by molar-refractivity contribution is -0.384. The number of aromatic nitrogens is 1. The van der Waals surface area contributed by atoms with Gasteiger partial charge in [-0.1, -0.05) is 0 Å². The van der Waals surface area contributed by atoms with Crippen molar-refractivity contribution >= 4 is 23.2 Å². The first-order chi connectivity index (χ1) is 9.77. The number of hydrogen-bond donors (Lipinski definition) is 1. The van der Waals surface area contributed by atoms with Gasteiger partial charge in [0.05, 0.1) is 17.1 Å². The average molecular weight is 293 g/mol. The largest absolute Gasteiger partial charge is 0.373 e. The normalized spacial score (nSPS) is 17.8. The second kappa shape index (κ2) is 5.19. The smallest absolute Gasteiger partial charge is 0.276 e. The van der Waals surface area contributed by atoms with Crippen molar-refractivity contribution < 1.29 is 9.72 Å². The fourth-order valence-electron chi connectivity index (χ4n) is 2.49. The van der Waals surface area contributed by atoms with Gasteiger partial charge in [0.25, 0.3) is 5.69 Å². The second-order valence-corrected chi connectivity index (χ2v) is 5.51. The summed E-state index contributed by atoms with van der Waals surface area (Å²) in [6.07, 6.45) is 0. The van der Waals surface area contributed by atoms with Crippen LogP contribution in [0.25, 0.3) is 0 Å². The maximum atomic E-state index is 12.3. The van der Waals surface area contributed by atoms with Gasteiger partial charge < -0.3 is 15.1 Å². The molecule has 0 atom stereocenters. The van der Waals surface area contributed by atoms with Gasteiger partial charge in [-0.15, -0.1) is 0 Å². The average Bonchev–Trinajstić information content (AvgIpc) is 2.44.